The average molecular weight is 496 g/mol. The molecule has 0 aliphatic heterocycles. The molecule has 0 bridgehead atoms. The normalized spacial score (nSPS) is 15.3. The number of thioether (sulfide) groups is 1. The SMILES string of the molecule is CC(C)(C)OC(=O)N[C@@H](CCSCCC(O)(c1cnccn1)C(F)(F)F)C(=O)OC(C)(C)C. The van der Waals surface area contributed by atoms with Crippen LogP contribution in [0.1, 0.15) is 60.1 Å². The molecule has 2 atom stereocenters. The van der Waals surface area contributed by atoms with Crippen molar-refractivity contribution in [1.29, 1.82) is 0 Å². The molecule has 0 aliphatic rings. The Bertz CT molecular complexity index is 782. The minimum absolute atomic E-state index is 0.0833. The van der Waals surface area contributed by atoms with Crippen LogP contribution < -0.4 is 5.32 Å². The van der Waals surface area contributed by atoms with Crippen LogP contribution in [0.3, 0.4) is 0 Å². The molecule has 33 heavy (non-hydrogen) atoms. The van der Waals surface area contributed by atoms with Gasteiger partial charge in [-0.1, -0.05) is 0 Å². The second-order valence-corrected chi connectivity index (χ2v) is 10.6. The van der Waals surface area contributed by atoms with E-state index in [2.05, 4.69) is 15.3 Å². The van der Waals surface area contributed by atoms with Crippen molar-refractivity contribution < 1.29 is 37.3 Å². The summed E-state index contributed by atoms with van der Waals surface area (Å²) in [6.07, 6.45) is -3.15. The Hall–Kier alpha value is -2.08. The number of alkyl halides is 3. The molecule has 8 nitrogen and oxygen atoms in total. The molecule has 1 aromatic heterocycles. The van der Waals surface area contributed by atoms with Crippen molar-refractivity contribution in [2.75, 3.05) is 11.5 Å². The summed E-state index contributed by atoms with van der Waals surface area (Å²) in [4.78, 5) is 31.8. The average Bonchev–Trinajstić information content (AvgIpc) is 2.63. The predicted molar refractivity (Wildman–Crippen MR) is 118 cm³/mol. The summed E-state index contributed by atoms with van der Waals surface area (Å²) in [6, 6.07) is -1.05. The van der Waals surface area contributed by atoms with Gasteiger partial charge in [-0.05, 0) is 65.9 Å². The zero-order chi connectivity index (χ0) is 25.5. The summed E-state index contributed by atoms with van der Waals surface area (Å²) in [5.41, 5.74) is -5.30. The highest BCUT2D eigenvalue weighted by atomic mass is 32.2. The third-order valence-electron chi connectivity index (χ3n) is 4.00. The molecule has 0 aromatic carbocycles. The molecule has 0 aliphatic carbocycles. The largest absolute Gasteiger partial charge is 0.458 e. The molecule has 12 heteroatoms. The smallest absolute Gasteiger partial charge is 0.423 e. The van der Waals surface area contributed by atoms with E-state index in [0.29, 0.717) is 0 Å². The summed E-state index contributed by atoms with van der Waals surface area (Å²) >= 11 is 1.09. The van der Waals surface area contributed by atoms with Gasteiger partial charge in [-0.25, -0.2) is 9.59 Å². The molecule has 1 amide bonds. The van der Waals surface area contributed by atoms with E-state index in [1.807, 2.05) is 0 Å². The molecule has 1 heterocycles. The van der Waals surface area contributed by atoms with Crippen molar-refractivity contribution >= 4 is 23.8 Å². The minimum atomic E-state index is -4.94. The summed E-state index contributed by atoms with van der Waals surface area (Å²) in [5, 5.41) is 12.7. The van der Waals surface area contributed by atoms with E-state index in [9.17, 15) is 27.9 Å². The van der Waals surface area contributed by atoms with E-state index in [1.165, 1.54) is 6.20 Å². The van der Waals surface area contributed by atoms with Crippen molar-refractivity contribution in [3.8, 4) is 0 Å². The fourth-order valence-corrected chi connectivity index (χ4v) is 3.57. The van der Waals surface area contributed by atoms with Gasteiger partial charge < -0.3 is 19.9 Å². The topological polar surface area (TPSA) is 111 Å². The Morgan fingerprint density at radius 2 is 1.67 bits per heavy atom. The second kappa shape index (κ2) is 11.4. The molecule has 188 valence electrons. The lowest BCUT2D eigenvalue weighted by Crippen LogP contribution is -2.46. The number of nitrogens with zero attached hydrogens (tertiary/aromatic N) is 2. The highest BCUT2D eigenvalue weighted by molar-refractivity contribution is 7.99. The number of carbonyl (C=O) groups is 2. The number of alkyl carbamates (subject to hydrolysis) is 1. The number of aliphatic hydroxyl groups is 1. The van der Waals surface area contributed by atoms with Crippen molar-refractivity contribution in [2.24, 2.45) is 0 Å². The Morgan fingerprint density at radius 3 is 2.15 bits per heavy atom. The number of nitrogens with one attached hydrogen (secondary N) is 1. The van der Waals surface area contributed by atoms with Gasteiger partial charge >= 0.3 is 18.2 Å². The third kappa shape index (κ3) is 10.2. The molecule has 2 N–H and O–H groups in total. The van der Waals surface area contributed by atoms with Crippen LogP contribution in [-0.4, -0.2) is 62.1 Å². The number of hydrogen-bond acceptors (Lipinski definition) is 8. The lowest BCUT2D eigenvalue weighted by Gasteiger charge is -2.29. The van der Waals surface area contributed by atoms with E-state index in [0.717, 1.165) is 24.2 Å². The molecule has 0 saturated heterocycles. The Balaban J connectivity index is 2.75. The summed E-state index contributed by atoms with van der Waals surface area (Å²) in [7, 11) is 0. The van der Waals surface area contributed by atoms with Crippen molar-refractivity contribution in [3.63, 3.8) is 0 Å². The fraction of sp³-hybridized carbons (Fsp3) is 0.714. The molecule has 1 rings (SSSR count). The Kier molecular flexibility index (Phi) is 9.97. The zero-order valence-corrected chi connectivity index (χ0v) is 20.5. The number of rotatable bonds is 9. The number of esters is 1. The van der Waals surface area contributed by atoms with Gasteiger partial charge in [-0.15, -0.1) is 0 Å². The first-order valence-corrected chi connectivity index (χ1v) is 11.5. The maximum absolute atomic E-state index is 13.5. The summed E-state index contributed by atoms with van der Waals surface area (Å²) < 4.78 is 51.1. The monoisotopic (exact) mass is 495 g/mol. The third-order valence-corrected chi connectivity index (χ3v) is 5.01. The second-order valence-electron chi connectivity index (χ2n) is 9.33. The highest BCUT2D eigenvalue weighted by Gasteiger charge is 2.55. The Labute approximate surface area is 196 Å². The minimum Gasteiger partial charge on any atom is -0.458 e. The van der Waals surface area contributed by atoms with Gasteiger partial charge in [0, 0.05) is 12.4 Å². The van der Waals surface area contributed by atoms with E-state index >= 15 is 0 Å². The number of ether oxygens (including phenoxy) is 2. The molecule has 0 radical (unpaired) electrons. The maximum Gasteiger partial charge on any atom is 0.423 e. The standard InChI is InChI=1S/C21H32F3N3O5S/c1-18(2,3)31-16(28)14(27-17(29)32-19(4,5)6)7-11-33-12-8-20(30,21(22,23)24)15-13-25-9-10-26-15/h9-10,13-14,30H,7-8,11-12H2,1-6H3,(H,27,29)/t14-,20?/m0/s1. The first-order valence-electron chi connectivity index (χ1n) is 10.3. The summed E-state index contributed by atoms with van der Waals surface area (Å²) in [5.74, 6) is -0.547. The van der Waals surface area contributed by atoms with E-state index < -0.39 is 53.2 Å². The van der Waals surface area contributed by atoms with Crippen LogP contribution in [-0.2, 0) is 19.9 Å². The maximum atomic E-state index is 13.5. The number of hydrogen-bond donors (Lipinski definition) is 2. The van der Waals surface area contributed by atoms with Crippen LogP contribution >= 0.6 is 11.8 Å². The van der Waals surface area contributed by atoms with Crippen molar-refractivity contribution in [3.05, 3.63) is 24.3 Å². The van der Waals surface area contributed by atoms with Gasteiger partial charge in [0.2, 0.25) is 5.60 Å². The van der Waals surface area contributed by atoms with Gasteiger partial charge in [0.25, 0.3) is 0 Å². The molecule has 0 fully saturated rings. The molecule has 0 spiro atoms. The zero-order valence-electron chi connectivity index (χ0n) is 19.7. The predicted octanol–water partition coefficient (Wildman–Crippen LogP) is 3.97. The van der Waals surface area contributed by atoms with Crippen LogP contribution in [0, 0.1) is 0 Å². The van der Waals surface area contributed by atoms with Crippen LogP contribution in [0.2, 0.25) is 0 Å². The van der Waals surface area contributed by atoms with E-state index in [4.69, 9.17) is 9.47 Å². The van der Waals surface area contributed by atoms with Crippen LogP contribution in [0.5, 0.6) is 0 Å². The molecular formula is C21H32F3N3O5S. The molecule has 1 aromatic rings. The van der Waals surface area contributed by atoms with Gasteiger partial charge in [0.1, 0.15) is 17.2 Å². The first kappa shape index (κ1) is 29.0. The van der Waals surface area contributed by atoms with Crippen molar-refractivity contribution in [2.45, 2.75) is 83.4 Å². The van der Waals surface area contributed by atoms with Gasteiger partial charge in [0.05, 0.1) is 11.9 Å². The van der Waals surface area contributed by atoms with E-state index in [1.54, 1.807) is 41.5 Å². The quantitative estimate of drug-likeness (QED) is 0.391. The van der Waals surface area contributed by atoms with Gasteiger partial charge in [0.15, 0.2) is 0 Å². The number of halogens is 3. The Morgan fingerprint density at radius 1 is 1.06 bits per heavy atom. The number of carbonyl (C=O) groups excluding carboxylic acids is 2. The van der Waals surface area contributed by atoms with E-state index in [-0.39, 0.29) is 17.9 Å². The fourth-order valence-electron chi connectivity index (χ4n) is 2.52. The lowest BCUT2D eigenvalue weighted by atomic mass is 9.96. The van der Waals surface area contributed by atoms with Crippen LogP contribution in [0.25, 0.3) is 0 Å². The molecule has 1 unspecified atom stereocenters. The molecular weight excluding hydrogens is 463 g/mol. The van der Waals surface area contributed by atoms with Crippen LogP contribution in [0.15, 0.2) is 18.6 Å². The molecule has 0 saturated carbocycles. The first-order chi connectivity index (χ1) is 14.9. The highest BCUT2D eigenvalue weighted by Crippen LogP contribution is 2.41. The van der Waals surface area contributed by atoms with Gasteiger partial charge in [-0.3, -0.25) is 9.97 Å². The van der Waals surface area contributed by atoms with Crippen molar-refractivity contribution in [1.82, 2.24) is 15.3 Å². The van der Waals surface area contributed by atoms with Crippen LogP contribution in [0.4, 0.5) is 18.0 Å². The number of amides is 1. The lowest BCUT2D eigenvalue weighted by molar-refractivity contribution is -0.268. The van der Waals surface area contributed by atoms with Gasteiger partial charge in [-0.2, -0.15) is 24.9 Å². The number of aromatic nitrogens is 2. The summed E-state index contributed by atoms with van der Waals surface area (Å²) in [6.45, 7) is 10.0.